The Morgan fingerprint density at radius 2 is 1.91 bits per heavy atom. The highest BCUT2D eigenvalue weighted by Gasteiger charge is 2.30. The van der Waals surface area contributed by atoms with Crippen molar-refractivity contribution in [1.29, 1.82) is 5.26 Å². The molecule has 1 fully saturated rings. The van der Waals surface area contributed by atoms with Crippen LogP contribution in [0.5, 0.6) is 0 Å². The molecule has 1 aromatic carbocycles. The second kappa shape index (κ2) is 11.2. The predicted octanol–water partition coefficient (Wildman–Crippen LogP) is 5.43. The van der Waals surface area contributed by atoms with Crippen LogP contribution in [-0.4, -0.2) is 52.7 Å². The number of likely N-dealkylation sites (tertiary alicyclic amines) is 1. The Bertz CT molecular complexity index is 1040. The van der Waals surface area contributed by atoms with E-state index in [1.807, 2.05) is 32.0 Å². The van der Waals surface area contributed by atoms with E-state index in [-0.39, 0.29) is 12.5 Å². The quantitative estimate of drug-likeness (QED) is 0.480. The van der Waals surface area contributed by atoms with Crippen LogP contribution in [0.3, 0.4) is 0 Å². The van der Waals surface area contributed by atoms with Gasteiger partial charge in [0.2, 0.25) is 0 Å². The minimum Gasteiger partial charge on any atom is -0.328 e. The first kappa shape index (κ1) is 26.0. The summed E-state index contributed by atoms with van der Waals surface area (Å²) in [5.41, 5.74) is 5.64. The SMILES string of the molecule is Cc1ccc(CN2CCC(n3c(CN(C)C)cnc3CCC(F)(F)F)CC2)c(C)c1/C=C/C#N. The van der Waals surface area contributed by atoms with Crippen molar-refractivity contribution < 1.29 is 13.2 Å². The number of imidazole rings is 1. The van der Waals surface area contributed by atoms with Crippen LogP contribution in [0.15, 0.2) is 24.4 Å². The van der Waals surface area contributed by atoms with Crippen molar-refractivity contribution >= 4 is 6.08 Å². The number of rotatable bonds is 8. The molecule has 184 valence electrons. The van der Waals surface area contributed by atoms with E-state index < -0.39 is 12.6 Å². The maximum Gasteiger partial charge on any atom is 0.389 e. The minimum absolute atomic E-state index is 0.0846. The van der Waals surface area contributed by atoms with Gasteiger partial charge in [-0.2, -0.15) is 18.4 Å². The molecule has 0 unspecified atom stereocenters. The second-order valence-electron chi connectivity index (χ2n) is 9.44. The molecule has 2 aromatic rings. The Hall–Kier alpha value is -2.63. The Balaban J connectivity index is 1.72. The van der Waals surface area contributed by atoms with Gasteiger partial charge in [0, 0.05) is 50.9 Å². The third-order valence-corrected chi connectivity index (χ3v) is 6.55. The summed E-state index contributed by atoms with van der Waals surface area (Å²) >= 11 is 0. The molecule has 2 heterocycles. The van der Waals surface area contributed by atoms with Crippen LogP contribution < -0.4 is 0 Å². The smallest absolute Gasteiger partial charge is 0.328 e. The molecule has 0 radical (unpaired) electrons. The standard InChI is InChI=1S/C26H34F3N5/c1-19-7-8-21(20(2)24(19)6-5-13-30)17-33-14-10-22(11-15-33)34-23(18-32(3)4)16-31-25(34)9-12-26(27,28)29/h5-8,16,22H,9-12,14-15,17-18H2,1-4H3/b6-5+. The van der Waals surface area contributed by atoms with E-state index in [1.54, 1.807) is 6.20 Å². The van der Waals surface area contributed by atoms with Crippen LogP contribution in [0.4, 0.5) is 13.2 Å². The highest BCUT2D eigenvalue weighted by molar-refractivity contribution is 5.61. The van der Waals surface area contributed by atoms with Gasteiger partial charge in [-0.3, -0.25) is 4.90 Å². The summed E-state index contributed by atoms with van der Waals surface area (Å²) in [4.78, 5) is 8.81. The van der Waals surface area contributed by atoms with Crippen molar-refractivity contribution in [3.8, 4) is 6.07 Å². The zero-order chi connectivity index (χ0) is 24.9. The summed E-state index contributed by atoms with van der Waals surface area (Å²) < 4.78 is 40.7. The Morgan fingerprint density at radius 3 is 2.53 bits per heavy atom. The van der Waals surface area contributed by atoms with Gasteiger partial charge in [0.05, 0.1) is 18.2 Å². The van der Waals surface area contributed by atoms with E-state index in [0.717, 1.165) is 49.3 Å². The zero-order valence-electron chi connectivity index (χ0n) is 20.5. The van der Waals surface area contributed by atoms with Gasteiger partial charge in [0.1, 0.15) is 5.82 Å². The fourth-order valence-electron chi connectivity index (χ4n) is 4.80. The monoisotopic (exact) mass is 473 g/mol. The number of nitriles is 1. The largest absolute Gasteiger partial charge is 0.389 e. The molecule has 5 nitrogen and oxygen atoms in total. The summed E-state index contributed by atoms with van der Waals surface area (Å²) in [7, 11) is 3.92. The second-order valence-corrected chi connectivity index (χ2v) is 9.44. The minimum atomic E-state index is -4.19. The molecule has 0 amide bonds. The van der Waals surface area contributed by atoms with Gasteiger partial charge in [0.15, 0.2) is 0 Å². The summed E-state index contributed by atoms with van der Waals surface area (Å²) in [6.07, 6.45) is 1.76. The third kappa shape index (κ3) is 6.71. The maximum atomic E-state index is 12.9. The van der Waals surface area contributed by atoms with Crippen molar-refractivity contribution in [2.45, 2.75) is 64.8 Å². The van der Waals surface area contributed by atoms with Crippen molar-refractivity contribution in [3.05, 3.63) is 58.2 Å². The molecule has 0 aliphatic carbocycles. The van der Waals surface area contributed by atoms with Crippen LogP contribution in [0, 0.1) is 25.2 Å². The van der Waals surface area contributed by atoms with Gasteiger partial charge in [-0.05, 0) is 69.1 Å². The highest BCUT2D eigenvalue weighted by Crippen LogP contribution is 2.30. The number of aryl methyl sites for hydroxylation is 2. The maximum absolute atomic E-state index is 12.9. The molecular formula is C26H34F3N5. The Morgan fingerprint density at radius 1 is 1.21 bits per heavy atom. The predicted molar refractivity (Wildman–Crippen MR) is 128 cm³/mol. The molecule has 34 heavy (non-hydrogen) atoms. The Labute approximate surface area is 200 Å². The third-order valence-electron chi connectivity index (χ3n) is 6.55. The van der Waals surface area contributed by atoms with Crippen LogP contribution in [0.2, 0.25) is 0 Å². The van der Waals surface area contributed by atoms with Crippen molar-refractivity contribution in [1.82, 2.24) is 19.4 Å². The number of benzene rings is 1. The molecule has 1 saturated heterocycles. The number of nitrogens with zero attached hydrogens (tertiary/aromatic N) is 5. The normalized spacial score (nSPS) is 16.0. The molecule has 1 aliphatic rings. The van der Waals surface area contributed by atoms with Crippen molar-refractivity contribution in [2.75, 3.05) is 27.2 Å². The average molecular weight is 474 g/mol. The molecule has 0 saturated carbocycles. The first-order valence-corrected chi connectivity index (χ1v) is 11.7. The van der Waals surface area contributed by atoms with Gasteiger partial charge in [0.25, 0.3) is 0 Å². The lowest BCUT2D eigenvalue weighted by molar-refractivity contribution is -0.134. The molecule has 0 atom stereocenters. The summed E-state index contributed by atoms with van der Waals surface area (Å²) in [5.74, 6) is 0.538. The van der Waals surface area contributed by atoms with Crippen molar-refractivity contribution in [2.24, 2.45) is 0 Å². The number of hydrogen-bond acceptors (Lipinski definition) is 4. The number of piperidine rings is 1. The van der Waals surface area contributed by atoms with E-state index in [4.69, 9.17) is 5.26 Å². The van der Waals surface area contributed by atoms with Crippen LogP contribution in [-0.2, 0) is 19.5 Å². The topological polar surface area (TPSA) is 48.1 Å². The Kier molecular flexibility index (Phi) is 8.56. The molecule has 1 aromatic heterocycles. The van der Waals surface area contributed by atoms with E-state index >= 15 is 0 Å². The number of allylic oxidation sites excluding steroid dienone is 1. The molecule has 3 rings (SSSR count). The highest BCUT2D eigenvalue weighted by atomic mass is 19.4. The molecule has 1 aliphatic heterocycles. The van der Waals surface area contributed by atoms with Gasteiger partial charge < -0.3 is 9.47 Å². The molecule has 8 heteroatoms. The van der Waals surface area contributed by atoms with Gasteiger partial charge in [-0.1, -0.05) is 12.1 Å². The molecular weight excluding hydrogens is 439 g/mol. The lowest BCUT2D eigenvalue weighted by Gasteiger charge is -2.35. The number of alkyl halides is 3. The first-order valence-electron chi connectivity index (χ1n) is 11.7. The molecule has 0 N–H and O–H groups in total. The lowest BCUT2D eigenvalue weighted by atomic mass is 9.96. The summed E-state index contributed by atoms with van der Waals surface area (Å²) in [5, 5.41) is 8.89. The fourth-order valence-corrected chi connectivity index (χ4v) is 4.80. The molecule has 0 spiro atoms. The van der Waals surface area contributed by atoms with Crippen molar-refractivity contribution in [3.63, 3.8) is 0 Å². The number of halogens is 3. The van der Waals surface area contributed by atoms with E-state index in [9.17, 15) is 13.2 Å². The first-order chi connectivity index (χ1) is 16.1. The average Bonchev–Trinajstić information content (AvgIpc) is 3.16. The number of hydrogen-bond donors (Lipinski definition) is 0. The lowest BCUT2D eigenvalue weighted by Crippen LogP contribution is -2.35. The van der Waals surface area contributed by atoms with E-state index in [0.29, 0.717) is 12.4 Å². The van der Waals surface area contributed by atoms with Gasteiger partial charge in [-0.25, -0.2) is 4.98 Å². The van der Waals surface area contributed by atoms with Crippen LogP contribution in [0.25, 0.3) is 6.08 Å². The number of aromatic nitrogens is 2. The van der Waals surface area contributed by atoms with E-state index in [2.05, 4.69) is 39.6 Å². The van der Waals surface area contributed by atoms with Crippen LogP contribution in [0.1, 0.15) is 59.1 Å². The fraction of sp³-hybridized carbons (Fsp3) is 0.538. The zero-order valence-corrected chi connectivity index (χ0v) is 20.5. The van der Waals surface area contributed by atoms with E-state index in [1.165, 1.54) is 17.2 Å². The summed E-state index contributed by atoms with van der Waals surface area (Å²) in [6, 6.07) is 6.47. The van der Waals surface area contributed by atoms with Gasteiger partial charge >= 0.3 is 6.18 Å². The molecule has 0 bridgehead atoms. The summed E-state index contributed by atoms with van der Waals surface area (Å²) in [6.45, 7) is 7.37. The van der Waals surface area contributed by atoms with Crippen LogP contribution >= 0.6 is 0 Å². The van der Waals surface area contributed by atoms with Gasteiger partial charge in [-0.15, -0.1) is 0 Å².